The van der Waals surface area contributed by atoms with Crippen LogP contribution >= 0.6 is 0 Å². The van der Waals surface area contributed by atoms with Crippen molar-refractivity contribution in [1.29, 1.82) is 0 Å². The van der Waals surface area contributed by atoms with Gasteiger partial charge in [-0.25, -0.2) is 0 Å². The van der Waals surface area contributed by atoms with Gasteiger partial charge in [0, 0.05) is 25.1 Å². The van der Waals surface area contributed by atoms with Gasteiger partial charge in [-0.05, 0) is 27.1 Å². The van der Waals surface area contributed by atoms with Gasteiger partial charge in [-0.15, -0.1) is 0 Å². The Labute approximate surface area is 84.3 Å². The molecule has 1 N–H and O–H groups in total. The molecule has 4 heteroatoms. The summed E-state index contributed by atoms with van der Waals surface area (Å²) in [6.45, 7) is 2.93. The summed E-state index contributed by atoms with van der Waals surface area (Å²) < 4.78 is 5.35. The minimum atomic E-state index is 0.862. The van der Waals surface area contributed by atoms with Crippen molar-refractivity contribution >= 4 is 0 Å². The second-order valence-electron chi connectivity index (χ2n) is 4.01. The normalized spacial score (nSPS) is 15.9. The number of nitrogens with zero attached hydrogens (tertiary/aromatic N) is 2. The van der Waals surface area contributed by atoms with Crippen molar-refractivity contribution in [2.24, 2.45) is 0 Å². The second kappa shape index (κ2) is 4.11. The van der Waals surface area contributed by atoms with E-state index in [-0.39, 0.29) is 0 Å². The molecule has 78 valence electrons. The average molecular weight is 195 g/mol. The molecule has 2 heterocycles. The zero-order valence-corrected chi connectivity index (χ0v) is 8.84. The standard InChI is InChI=1S/C10H17N3O/c1-13(2)6-4-10-8-3-5-11-7-9(8)12-14-10/h11H,3-7H2,1-2H3. The number of hydrogen-bond donors (Lipinski definition) is 1. The molecular weight excluding hydrogens is 178 g/mol. The van der Waals surface area contributed by atoms with Crippen LogP contribution in [0.5, 0.6) is 0 Å². The lowest BCUT2D eigenvalue weighted by molar-refractivity contribution is 0.345. The third-order valence-electron chi connectivity index (χ3n) is 2.58. The molecule has 0 radical (unpaired) electrons. The lowest BCUT2D eigenvalue weighted by Gasteiger charge is -2.12. The molecule has 0 unspecified atom stereocenters. The summed E-state index contributed by atoms with van der Waals surface area (Å²) in [7, 11) is 4.15. The zero-order chi connectivity index (χ0) is 9.97. The topological polar surface area (TPSA) is 41.3 Å². The van der Waals surface area contributed by atoms with Crippen molar-refractivity contribution in [3.05, 3.63) is 17.0 Å². The molecule has 0 spiro atoms. The van der Waals surface area contributed by atoms with Crippen LogP contribution < -0.4 is 5.32 Å². The number of aromatic nitrogens is 1. The van der Waals surface area contributed by atoms with Crippen LogP contribution in [0.3, 0.4) is 0 Å². The van der Waals surface area contributed by atoms with E-state index < -0.39 is 0 Å². The minimum Gasteiger partial charge on any atom is -0.361 e. The first-order valence-corrected chi connectivity index (χ1v) is 5.09. The van der Waals surface area contributed by atoms with Gasteiger partial charge in [0.1, 0.15) is 11.5 Å². The van der Waals surface area contributed by atoms with E-state index >= 15 is 0 Å². The Morgan fingerprint density at radius 3 is 3.14 bits per heavy atom. The number of rotatable bonds is 3. The van der Waals surface area contributed by atoms with Crippen LogP contribution in [0, 0.1) is 0 Å². The zero-order valence-electron chi connectivity index (χ0n) is 8.84. The Kier molecular flexibility index (Phi) is 2.84. The van der Waals surface area contributed by atoms with E-state index in [4.69, 9.17) is 4.52 Å². The van der Waals surface area contributed by atoms with Crippen molar-refractivity contribution in [3.63, 3.8) is 0 Å². The fourth-order valence-electron chi connectivity index (χ4n) is 1.75. The Morgan fingerprint density at radius 2 is 2.36 bits per heavy atom. The third-order valence-corrected chi connectivity index (χ3v) is 2.58. The summed E-state index contributed by atoms with van der Waals surface area (Å²) in [5.41, 5.74) is 2.44. The highest BCUT2D eigenvalue weighted by atomic mass is 16.5. The Bertz CT molecular complexity index is 306. The van der Waals surface area contributed by atoms with Crippen LogP contribution in [0.2, 0.25) is 0 Å². The molecule has 14 heavy (non-hydrogen) atoms. The van der Waals surface area contributed by atoms with E-state index in [2.05, 4.69) is 29.5 Å². The SMILES string of the molecule is CN(C)CCc1onc2c1CCNC2. The quantitative estimate of drug-likeness (QED) is 0.759. The highest BCUT2D eigenvalue weighted by Gasteiger charge is 2.18. The van der Waals surface area contributed by atoms with E-state index in [1.807, 2.05) is 0 Å². The molecule has 0 amide bonds. The van der Waals surface area contributed by atoms with E-state index in [1.165, 1.54) is 5.56 Å². The smallest absolute Gasteiger partial charge is 0.141 e. The molecular formula is C10H17N3O. The molecule has 0 saturated heterocycles. The Balaban J connectivity index is 2.06. The average Bonchev–Trinajstić information content (AvgIpc) is 2.58. The molecule has 0 saturated carbocycles. The van der Waals surface area contributed by atoms with Gasteiger partial charge in [0.15, 0.2) is 0 Å². The highest BCUT2D eigenvalue weighted by Crippen LogP contribution is 2.18. The summed E-state index contributed by atoms with van der Waals surface area (Å²) >= 11 is 0. The van der Waals surface area contributed by atoms with Gasteiger partial charge in [0.25, 0.3) is 0 Å². The van der Waals surface area contributed by atoms with E-state index in [1.54, 1.807) is 0 Å². The van der Waals surface area contributed by atoms with E-state index in [0.717, 1.165) is 43.9 Å². The van der Waals surface area contributed by atoms with Gasteiger partial charge in [0.05, 0.1) is 0 Å². The molecule has 1 aliphatic rings. The first kappa shape index (κ1) is 9.68. The first-order chi connectivity index (χ1) is 6.77. The van der Waals surface area contributed by atoms with Gasteiger partial charge in [-0.2, -0.15) is 0 Å². The molecule has 0 atom stereocenters. The second-order valence-corrected chi connectivity index (χ2v) is 4.01. The molecule has 2 rings (SSSR count). The van der Waals surface area contributed by atoms with Crippen LogP contribution in [0.15, 0.2) is 4.52 Å². The summed E-state index contributed by atoms with van der Waals surface area (Å²) in [5.74, 6) is 1.08. The fourth-order valence-corrected chi connectivity index (χ4v) is 1.75. The fraction of sp³-hybridized carbons (Fsp3) is 0.700. The predicted molar refractivity (Wildman–Crippen MR) is 54.2 cm³/mol. The largest absolute Gasteiger partial charge is 0.361 e. The van der Waals surface area contributed by atoms with E-state index in [0.29, 0.717) is 0 Å². The molecule has 0 aromatic carbocycles. The predicted octanol–water partition coefficient (Wildman–Crippen LogP) is 0.424. The minimum absolute atomic E-state index is 0.862. The van der Waals surface area contributed by atoms with Gasteiger partial charge in [0.2, 0.25) is 0 Å². The molecule has 4 nitrogen and oxygen atoms in total. The van der Waals surface area contributed by atoms with Gasteiger partial charge in [-0.3, -0.25) is 0 Å². The van der Waals surface area contributed by atoms with Gasteiger partial charge >= 0.3 is 0 Å². The lowest BCUT2D eigenvalue weighted by atomic mass is 10.0. The van der Waals surface area contributed by atoms with E-state index in [9.17, 15) is 0 Å². The number of nitrogens with one attached hydrogen (secondary N) is 1. The van der Waals surface area contributed by atoms with Gasteiger partial charge < -0.3 is 14.7 Å². The third kappa shape index (κ3) is 1.96. The highest BCUT2D eigenvalue weighted by molar-refractivity contribution is 5.25. The summed E-state index contributed by atoms with van der Waals surface area (Å²) in [6, 6.07) is 0. The lowest BCUT2D eigenvalue weighted by Crippen LogP contribution is -2.24. The first-order valence-electron chi connectivity index (χ1n) is 5.09. The van der Waals surface area contributed by atoms with Crippen LogP contribution in [0.25, 0.3) is 0 Å². The maximum Gasteiger partial charge on any atom is 0.141 e. The molecule has 1 aromatic heterocycles. The van der Waals surface area contributed by atoms with Crippen LogP contribution in [-0.2, 0) is 19.4 Å². The molecule has 0 fully saturated rings. The van der Waals surface area contributed by atoms with Crippen molar-refractivity contribution in [1.82, 2.24) is 15.4 Å². The van der Waals surface area contributed by atoms with Gasteiger partial charge in [-0.1, -0.05) is 5.16 Å². The van der Waals surface area contributed by atoms with Crippen molar-refractivity contribution in [2.75, 3.05) is 27.2 Å². The van der Waals surface area contributed by atoms with Crippen LogP contribution in [-0.4, -0.2) is 37.2 Å². The number of likely N-dealkylation sites (N-methyl/N-ethyl adjacent to an activating group) is 1. The maximum absolute atomic E-state index is 5.35. The monoisotopic (exact) mass is 195 g/mol. The number of fused-ring (bicyclic) bond motifs is 1. The summed E-state index contributed by atoms with van der Waals surface area (Å²) in [6.07, 6.45) is 2.02. The Hall–Kier alpha value is -0.870. The van der Waals surface area contributed by atoms with Crippen molar-refractivity contribution in [2.45, 2.75) is 19.4 Å². The summed E-state index contributed by atoms with van der Waals surface area (Å²) in [4.78, 5) is 2.16. The van der Waals surface area contributed by atoms with Crippen LogP contribution in [0.4, 0.5) is 0 Å². The van der Waals surface area contributed by atoms with Crippen molar-refractivity contribution in [3.8, 4) is 0 Å². The Morgan fingerprint density at radius 1 is 1.50 bits per heavy atom. The van der Waals surface area contributed by atoms with Crippen molar-refractivity contribution < 1.29 is 4.52 Å². The maximum atomic E-state index is 5.35. The number of hydrogen-bond acceptors (Lipinski definition) is 4. The molecule has 0 bridgehead atoms. The molecule has 0 aliphatic carbocycles. The summed E-state index contributed by atoms with van der Waals surface area (Å²) in [5, 5.41) is 7.36. The van der Waals surface area contributed by atoms with Crippen LogP contribution in [0.1, 0.15) is 17.0 Å². The molecule has 1 aromatic rings. The molecule has 1 aliphatic heterocycles.